The number of hydrogen-bond acceptors (Lipinski definition) is 2. The van der Waals surface area contributed by atoms with Gasteiger partial charge in [-0.25, -0.2) is 0 Å². The molecule has 0 amide bonds. The molecule has 2 nitrogen and oxygen atoms in total. The van der Waals surface area contributed by atoms with Crippen LogP contribution >= 0.6 is 0 Å². The van der Waals surface area contributed by atoms with Gasteiger partial charge in [-0.05, 0) is 45.4 Å². The third-order valence-corrected chi connectivity index (χ3v) is 5.85. The maximum absolute atomic E-state index is 5.23. The minimum Gasteiger partial charge on any atom is -0.373 e. The molecule has 0 saturated carbocycles. The van der Waals surface area contributed by atoms with Crippen LogP contribution in [0.25, 0.3) is 0 Å². The van der Waals surface area contributed by atoms with Crippen molar-refractivity contribution in [3.05, 3.63) is 12.2 Å². The second kappa shape index (κ2) is 18.7. The highest BCUT2D eigenvalue weighted by Gasteiger charge is 2.32. The van der Waals surface area contributed by atoms with Crippen LogP contribution in [0, 0.1) is 0 Å². The fourth-order valence-electron chi connectivity index (χ4n) is 3.67. The maximum atomic E-state index is 5.23. The van der Waals surface area contributed by atoms with Crippen molar-refractivity contribution < 1.29 is 9.47 Å². The number of rotatable bonds is 18. The molecule has 2 saturated heterocycles. The predicted octanol–water partition coefficient (Wildman–Crippen LogP) is 8.39. The van der Waals surface area contributed by atoms with Crippen molar-refractivity contribution >= 4 is 0 Å². The molecular formula is C26H50O2. The number of epoxide rings is 2. The van der Waals surface area contributed by atoms with Gasteiger partial charge >= 0.3 is 0 Å². The fraction of sp³-hybridized carbons (Fsp3) is 0.923. The summed E-state index contributed by atoms with van der Waals surface area (Å²) < 4.78 is 10.4. The lowest BCUT2D eigenvalue weighted by molar-refractivity contribution is 0.369. The molecule has 0 aromatic heterocycles. The van der Waals surface area contributed by atoms with Crippen LogP contribution in [0.4, 0.5) is 0 Å². The van der Waals surface area contributed by atoms with Crippen molar-refractivity contribution in [2.24, 2.45) is 0 Å². The monoisotopic (exact) mass is 394 g/mol. The Morgan fingerprint density at radius 3 is 1.61 bits per heavy atom. The number of ether oxygens (including phenoxy) is 2. The molecule has 0 radical (unpaired) electrons. The molecule has 3 unspecified atom stereocenters. The van der Waals surface area contributed by atoms with Crippen LogP contribution in [0.3, 0.4) is 0 Å². The van der Waals surface area contributed by atoms with Gasteiger partial charge in [0.1, 0.15) is 0 Å². The normalized spacial score (nSPS) is 22.9. The van der Waals surface area contributed by atoms with Crippen LogP contribution in [0.1, 0.15) is 130 Å². The van der Waals surface area contributed by atoms with E-state index in [0.29, 0.717) is 18.3 Å². The summed E-state index contributed by atoms with van der Waals surface area (Å²) in [5, 5.41) is 0. The lowest BCUT2D eigenvalue weighted by Crippen LogP contribution is -1.85. The van der Waals surface area contributed by atoms with Crippen LogP contribution in [0.5, 0.6) is 0 Å². The molecule has 28 heavy (non-hydrogen) atoms. The van der Waals surface area contributed by atoms with Gasteiger partial charge in [-0.15, -0.1) is 0 Å². The van der Waals surface area contributed by atoms with Gasteiger partial charge in [0.25, 0.3) is 0 Å². The van der Waals surface area contributed by atoms with Gasteiger partial charge in [0.2, 0.25) is 0 Å². The molecule has 0 N–H and O–H groups in total. The fourth-order valence-corrected chi connectivity index (χ4v) is 3.67. The first-order valence-electron chi connectivity index (χ1n) is 12.7. The quantitative estimate of drug-likeness (QED) is 0.132. The van der Waals surface area contributed by atoms with Crippen molar-refractivity contribution in [2.75, 3.05) is 6.61 Å². The average molecular weight is 395 g/mol. The van der Waals surface area contributed by atoms with Crippen molar-refractivity contribution in [1.82, 2.24) is 0 Å². The standard InChI is InChI=1S/C20H38O.C6H12O/c1-2-3-4-5-6-7-8-9-10-11-12-13-14-15-16-17-18-20-19-21-20;1-3-4-6-5(2)7-6/h9-10,20H,2-8,11-19H2,1H3;5-6H,3-4H2,1-2H3. The molecule has 2 aliphatic rings. The first kappa shape index (κ1) is 25.7. The van der Waals surface area contributed by atoms with Gasteiger partial charge in [-0.2, -0.15) is 0 Å². The second-order valence-corrected chi connectivity index (χ2v) is 8.85. The largest absolute Gasteiger partial charge is 0.373 e. The molecule has 0 bridgehead atoms. The molecule has 0 aliphatic carbocycles. The molecular weight excluding hydrogens is 344 g/mol. The van der Waals surface area contributed by atoms with Crippen molar-refractivity contribution in [1.29, 1.82) is 0 Å². The van der Waals surface area contributed by atoms with Gasteiger partial charge in [0.05, 0.1) is 24.9 Å². The van der Waals surface area contributed by atoms with E-state index in [9.17, 15) is 0 Å². The highest BCUT2D eigenvalue weighted by Crippen LogP contribution is 2.24. The summed E-state index contributed by atoms with van der Waals surface area (Å²) in [7, 11) is 0. The molecule has 0 spiro atoms. The van der Waals surface area contributed by atoms with Crippen LogP contribution in [-0.4, -0.2) is 24.9 Å². The zero-order valence-electron chi connectivity index (χ0n) is 19.4. The molecule has 166 valence electrons. The smallest absolute Gasteiger partial charge is 0.0838 e. The van der Waals surface area contributed by atoms with Gasteiger partial charge < -0.3 is 9.47 Å². The van der Waals surface area contributed by atoms with E-state index in [-0.39, 0.29) is 0 Å². The van der Waals surface area contributed by atoms with Gasteiger partial charge in [0.15, 0.2) is 0 Å². The topological polar surface area (TPSA) is 25.1 Å². The number of allylic oxidation sites excluding steroid dienone is 2. The Labute approximate surface area is 176 Å². The summed E-state index contributed by atoms with van der Waals surface area (Å²) in [6.07, 6.45) is 30.0. The third kappa shape index (κ3) is 17.7. The molecule has 2 heteroatoms. The highest BCUT2D eigenvalue weighted by atomic mass is 16.6. The number of hydrogen-bond donors (Lipinski definition) is 0. The Balaban J connectivity index is 0.000000467. The Kier molecular flexibility index (Phi) is 17.1. The zero-order chi connectivity index (χ0) is 20.3. The van der Waals surface area contributed by atoms with E-state index in [1.54, 1.807) is 0 Å². The first-order valence-corrected chi connectivity index (χ1v) is 12.7. The van der Waals surface area contributed by atoms with E-state index in [2.05, 4.69) is 32.9 Å². The summed E-state index contributed by atoms with van der Waals surface area (Å²) in [5.41, 5.74) is 0. The van der Waals surface area contributed by atoms with E-state index >= 15 is 0 Å². The Morgan fingerprint density at radius 1 is 0.679 bits per heavy atom. The molecule has 0 aromatic rings. The Hall–Kier alpha value is -0.340. The van der Waals surface area contributed by atoms with Crippen LogP contribution in [0.15, 0.2) is 12.2 Å². The number of unbranched alkanes of at least 4 members (excludes halogenated alkanes) is 12. The lowest BCUT2D eigenvalue weighted by atomic mass is 10.1. The molecule has 2 fully saturated rings. The summed E-state index contributed by atoms with van der Waals surface area (Å²) in [6, 6.07) is 0. The summed E-state index contributed by atoms with van der Waals surface area (Å²) in [5.74, 6) is 0. The summed E-state index contributed by atoms with van der Waals surface area (Å²) >= 11 is 0. The highest BCUT2D eigenvalue weighted by molar-refractivity contribution is 4.81. The van der Waals surface area contributed by atoms with Gasteiger partial charge in [0, 0.05) is 0 Å². The average Bonchev–Trinajstić information content (AvgIpc) is 3.62. The molecule has 3 atom stereocenters. The zero-order valence-corrected chi connectivity index (χ0v) is 19.4. The van der Waals surface area contributed by atoms with Crippen molar-refractivity contribution in [2.45, 2.75) is 148 Å². The van der Waals surface area contributed by atoms with E-state index in [0.717, 1.165) is 6.61 Å². The minimum absolute atomic E-state index is 0.569. The SMILES string of the molecule is CCCC1OC1C.CCCCCCCCC=CCCCCCCCCC1CO1. The van der Waals surface area contributed by atoms with E-state index < -0.39 is 0 Å². The second-order valence-electron chi connectivity index (χ2n) is 8.85. The van der Waals surface area contributed by atoms with Crippen molar-refractivity contribution in [3.8, 4) is 0 Å². The van der Waals surface area contributed by atoms with E-state index in [4.69, 9.17) is 9.47 Å². The third-order valence-electron chi connectivity index (χ3n) is 5.85. The Morgan fingerprint density at radius 2 is 1.18 bits per heavy atom. The summed E-state index contributed by atoms with van der Waals surface area (Å²) in [4.78, 5) is 0. The van der Waals surface area contributed by atoms with Crippen molar-refractivity contribution in [3.63, 3.8) is 0 Å². The predicted molar refractivity (Wildman–Crippen MR) is 123 cm³/mol. The van der Waals surface area contributed by atoms with E-state index in [1.807, 2.05) is 0 Å². The van der Waals surface area contributed by atoms with Crippen LogP contribution in [-0.2, 0) is 9.47 Å². The van der Waals surface area contributed by atoms with Crippen LogP contribution in [0.2, 0.25) is 0 Å². The minimum atomic E-state index is 0.569. The van der Waals surface area contributed by atoms with Crippen LogP contribution < -0.4 is 0 Å². The first-order chi connectivity index (χ1) is 13.8. The Bertz CT molecular complexity index is 348. The molecule has 2 heterocycles. The molecule has 0 aromatic carbocycles. The van der Waals surface area contributed by atoms with E-state index in [1.165, 1.54) is 109 Å². The molecule has 2 aliphatic heterocycles. The van der Waals surface area contributed by atoms with Gasteiger partial charge in [-0.3, -0.25) is 0 Å². The lowest BCUT2D eigenvalue weighted by Gasteiger charge is -2.00. The van der Waals surface area contributed by atoms with Gasteiger partial charge in [-0.1, -0.05) is 96.6 Å². The maximum Gasteiger partial charge on any atom is 0.0838 e. The summed E-state index contributed by atoms with van der Waals surface area (Å²) in [6.45, 7) is 7.63. The molecule has 2 rings (SSSR count).